The van der Waals surface area contributed by atoms with Crippen molar-refractivity contribution in [1.82, 2.24) is 9.36 Å². The molecule has 1 heterocycles. The minimum absolute atomic E-state index is 0.0732. The highest BCUT2D eigenvalue weighted by Gasteiger charge is 2.10. The van der Waals surface area contributed by atoms with Gasteiger partial charge in [-0.05, 0) is 31.2 Å². The summed E-state index contributed by atoms with van der Waals surface area (Å²) in [5.74, 6) is 0.972. The Labute approximate surface area is 152 Å². The first-order valence-electron chi connectivity index (χ1n) is 7.19. The highest BCUT2D eigenvalue weighted by Crippen LogP contribution is 2.22. The molecule has 7 heteroatoms. The SMILES string of the molecule is Cc1ccc(OCC(=O)Nc2nc(-c3ccc(Br)cc3)ns2)cc1. The third-order valence-electron chi connectivity index (χ3n) is 3.17. The Morgan fingerprint density at radius 2 is 1.88 bits per heavy atom. The van der Waals surface area contributed by atoms with Crippen LogP contribution in [0, 0.1) is 6.92 Å². The van der Waals surface area contributed by atoms with Crippen molar-refractivity contribution in [3.05, 3.63) is 58.6 Å². The molecule has 3 aromatic rings. The van der Waals surface area contributed by atoms with Gasteiger partial charge in [0.2, 0.25) is 5.13 Å². The van der Waals surface area contributed by atoms with E-state index in [0.29, 0.717) is 16.7 Å². The molecule has 1 amide bonds. The van der Waals surface area contributed by atoms with E-state index in [9.17, 15) is 4.79 Å². The van der Waals surface area contributed by atoms with E-state index < -0.39 is 0 Å². The molecule has 0 aliphatic rings. The second kappa shape index (κ2) is 7.55. The lowest BCUT2D eigenvalue weighted by atomic mass is 10.2. The summed E-state index contributed by atoms with van der Waals surface area (Å²) in [7, 11) is 0. The number of hydrogen-bond donors (Lipinski definition) is 1. The van der Waals surface area contributed by atoms with Gasteiger partial charge in [0.05, 0.1) is 0 Å². The van der Waals surface area contributed by atoms with E-state index in [4.69, 9.17) is 4.74 Å². The third kappa shape index (κ3) is 4.39. The normalized spacial score (nSPS) is 10.4. The number of ether oxygens (including phenoxy) is 1. The molecule has 5 nitrogen and oxygen atoms in total. The van der Waals surface area contributed by atoms with Crippen LogP contribution in [-0.2, 0) is 4.79 Å². The third-order valence-corrected chi connectivity index (χ3v) is 4.32. The Balaban J connectivity index is 1.57. The smallest absolute Gasteiger partial charge is 0.264 e. The Kier molecular flexibility index (Phi) is 5.22. The van der Waals surface area contributed by atoms with Gasteiger partial charge in [-0.25, -0.2) is 0 Å². The molecular formula is C17H14BrN3O2S. The van der Waals surface area contributed by atoms with E-state index in [1.165, 1.54) is 0 Å². The number of nitrogens with one attached hydrogen (secondary N) is 1. The molecule has 0 bridgehead atoms. The average Bonchev–Trinajstić information content (AvgIpc) is 3.03. The number of amides is 1. The maximum Gasteiger partial charge on any atom is 0.264 e. The summed E-state index contributed by atoms with van der Waals surface area (Å²) >= 11 is 4.53. The molecule has 0 aliphatic heterocycles. The minimum Gasteiger partial charge on any atom is -0.484 e. The van der Waals surface area contributed by atoms with E-state index in [0.717, 1.165) is 27.1 Å². The number of anilines is 1. The molecule has 122 valence electrons. The summed E-state index contributed by atoms with van der Waals surface area (Å²) in [6.45, 7) is 1.92. The van der Waals surface area contributed by atoms with Gasteiger partial charge in [0, 0.05) is 21.6 Å². The van der Waals surface area contributed by atoms with Crippen molar-refractivity contribution in [3.8, 4) is 17.1 Å². The Bertz CT molecular complexity index is 832. The van der Waals surface area contributed by atoms with Crippen LogP contribution in [0.1, 0.15) is 5.56 Å². The predicted molar refractivity (Wildman–Crippen MR) is 98.3 cm³/mol. The lowest BCUT2D eigenvalue weighted by Crippen LogP contribution is -2.20. The van der Waals surface area contributed by atoms with Crippen molar-refractivity contribution >= 4 is 38.5 Å². The Hall–Kier alpha value is -2.25. The number of aryl methyl sites for hydroxylation is 1. The van der Waals surface area contributed by atoms with Crippen LogP contribution < -0.4 is 10.1 Å². The monoisotopic (exact) mass is 403 g/mol. The second-order valence-corrected chi connectivity index (χ2v) is 6.75. The minimum atomic E-state index is -0.269. The molecule has 3 rings (SSSR count). The predicted octanol–water partition coefficient (Wildman–Crippen LogP) is 4.29. The molecule has 2 aromatic carbocycles. The molecule has 0 atom stereocenters. The van der Waals surface area contributed by atoms with Gasteiger partial charge in [-0.2, -0.15) is 9.36 Å². The number of halogens is 1. The zero-order valence-corrected chi connectivity index (χ0v) is 15.2. The summed E-state index contributed by atoms with van der Waals surface area (Å²) in [5.41, 5.74) is 2.03. The number of aromatic nitrogens is 2. The first kappa shape index (κ1) is 16.6. The van der Waals surface area contributed by atoms with Gasteiger partial charge in [0.25, 0.3) is 5.91 Å². The zero-order chi connectivity index (χ0) is 16.9. The van der Waals surface area contributed by atoms with Gasteiger partial charge in [-0.3, -0.25) is 10.1 Å². The van der Waals surface area contributed by atoms with Crippen LogP contribution in [-0.4, -0.2) is 21.9 Å². The Morgan fingerprint density at radius 1 is 1.17 bits per heavy atom. The fraction of sp³-hybridized carbons (Fsp3) is 0.118. The maximum atomic E-state index is 11.9. The molecule has 24 heavy (non-hydrogen) atoms. The highest BCUT2D eigenvalue weighted by atomic mass is 79.9. The van der Waals surface area contributed by atoms with Crippen LogP contribution in [0.3, 0.4) is 0 Å². The molecule has 0 aliphatic carbocycles. The average molecular weight is 404 g/mol. The molecule has 0 spiro atoms. The van der Waals surface area contributed by atoms with Crippen LogP contribution in [0.2, 0.25) is 0 Å². The summed E-state index contributed by atoms with van der Waals surface area (Å²) in [5, 5.41) is 3.15. The van der Waals surface area contributed by atoms with Crippen LogP contribution in [0.5, 0.6) is 5.75 Å². The number of nitrogens with zero attached hydrogens (tertiary/aromatic N) is 2. The number of hydrogen-bond acceptors (Lipinski definition) is 5. The van der Waals surface area contributed by atoms with Gasteiger partial charge in [-0.1, -0.05) is 45.8 Å². The molecule has 1 aromatic heterocycles. The number of rotatable bonds is 5. The molecular weight excluding hydrogens is 390 g/mol. The number of carbonyl (C=O) groups is 1. The summed E-state index contributed by atoms with van der Waals surface area (Å²) < 4.78 is 10.7. The summed E-state index contributed by atoms with van der Waals surface area (Å²) in [4.78, 5) is 16.3. The topological polar surface area (TPSA) is 64.1 Å². The number of benzene rings is 2. The van der Waals surface area contributed by atoms with Crippen molar-refractivity contribution in [2.24, 2.45) is 0 Å². The van der Waals surface area contributed by atoms with E-state index >= 15 is 0 Å². The lowest BCUT2D eigenvalue weighted by Gasteiger charge is -2.05. The maximum absolute atomic E-state index is 11.9. The molecule has 0 unspecified atom stereocenters. The van der Waals surface area contributed by atoms with Crippen LogP contribution in [0.25, 0.3) is 11.4 Å². The van der Waals surface area contributed by atoms with Gasteiger partial charge in [0.15, 0.2) is 12.4 Å². The molecule has 1 N–H and O–H groups in total. The lowest BCUT2D eigenvalue weighted by molar-refractivity contribution is -0.118. The molecule has 0 radical (unpaired) electrons. The van der Waals surface area contributed by atoms with Crippen LogP contribution >= 0.6 is 27.5 Å². The highest BCUT2D eigenvalue weighted by molar-refractivity contribution is 9.10. The van der Waals surface area contributed by atoms with E-state index in [2.05, 4.69) is 30.6 Å². The molecule has 0 fully saturated rings. The van der Waals surface area contributed by atoms with Crippen molar-refractivity contribution in [1.29, 1.82) is 0 Å². The van der Waals surface area contributed by atoms with Crippen molar-refractivity contribution in [2.45, 2.75) is 6.92 Å². The second-order valence-electron chi connectivity index (χ2n) is 5.08. The van der Waals surface area contributed by atoms with E-state index in [-0.39, 0.29) is 12.5 Å². The van der Waals surface area contributed by atoms with Crippen LogP contribution in [0.4, 0.5) is 5.13 Å². The standard InChI is InChI=1S/C17H14BrN3O2S/c1-11-2-8-14(9-3-11)23-10-15(22)19-17-20-16(21-24-17)12-4-6-13(18)7-5-12/h2-9H,10H2,1H3,(H,19,20,21,22). The van der Waals surface area contributed by atoms with E-state index in [1.807, 2.05) is 55.5 Å². The zero-order valence-electron chi connectivity index (χ0n) is 12.8. The van der Waals surface area contributed by atoms with Gasteiger partial charge in [-0.15, -0.1) is 0 Å². The first-order valence-corrected chi connectivity index (χ1v) is 8.76. The fourth-order valence-electron chi connectivity index (χ4n) is 1.93. The quantitative estimate of drug-likeness (QED) is 0.689. The fourth-order valence-corrected chi connectivity index (χ4v) is 2.80. The van der Waals surface area contributed by atoms with Crippen molar-refractivity contribution in [2.75, 3.05) is 11.9 Å². The molecule has 0 saturated heterocycles. The largest absolute Gasteiger partial charge is 0.484 e. The molecule has 0 saturated carbocycles. The van der Waals surface area contributed by atoms with Crippen molar-refractivity contribution in [3.63, 3.8) is 0 Å². The summed E-state index contributed by atoms with van der Waals surface area (Å²) in [6.07, 6.45) is 0. The number of carbonyl (C=O) groups excluding carboxylic acids is 1. The van der Waals surface area contributed by atoms with Gasteiger partial charge >= 0.3 is 0 Å². The first-order chi connectivity index (χ1) is 11.6. The summed E-state index contributed by atoms with van der Waals surface area (Å²) in [6, 6.07) is 15.2. The van der Waals surface area contributed by atoms with E-state index in [1.54, 1.807) is 0 Å². The van der Waals surface area contributed by atoms with Gasteiger partial charge in [0.1, 0.15) is 5.75 Å². The van der Waals surface area contributed by atoms with Crippen molar-refractivity contribution < 1.29 is 9.53 Å². The van der Waals surface area contributed by atoms with Crippen LogP contribution in [0.15, 0.2) is 53.0 Å². The van der Waals surface area contributed by atoms with Gasteiger partial charge < -0.3 is 4.74 Å². The Morgan fingerprint density at radius 3 is 2.58 bits per heavy atom.